The van der Waals surface area contributed by atoms with Gasteiger partial charge in [-0.3, -0.25) is 0 Å². The van der Waals surface area contributed by atoms with Crippen LogP contribution < -0.4 is 0 Å². The lowest BCUT2D eigenvalue weighted by atomic mass is 10.0. The fourth-order valence-electron chi connectivity index (χ4n) is 8.62. The van der Waals surface area contributed by atoms with E-state index in [1.165, 1.54) is 49.0 Å². The van der Waals surface area contributed by atoms with Gasteiger partial charge in [0.2, 0.25) is 0 Å². The summed E-state index contributed by atoms with van der Waals surface area (Å²) in [5, 5.41) is 17.9. The Labute approximate surface area is 305 Å². The Morgan fingerprint density at radius 2 is 0.868 bits per heavy atom. The van der Waals surface area contributed by atoms with E-state index >= 15 is 0 Å². The first-order valence-corrected chi connectivity index (χ1v) is 17.9. The number of fused-ring (bicyclic) bond motifs is 10. The number of benzene rings is 8. The molecule has 0 N–H and O–H groups in total. The van der Waals surface area contributed by atoms with Crippen molar-refractivity contribution in [2.45, 2.75) is 0 Å². The molecule has 0 saturated carbocycles. The van der Waals surface area contributed by atoms with Crippen molar-refractivity contribution in [1.29, 1.82) is 5.26 Å². The molecule has 8 aromatic carbocycles. The molecule has 0 aliphatic rings. The summed E-state index contributed by atoms with van der Waals surface area (Å²) in [5.74, 6) is 0. The first-order chi connectivity index (χ1) is 26.3. The molecule has 0 atom stereocenters. The molecule has 4 heteroatoms. The number of rotatable bonds is 4. The summed E-state index contributed by atoms with van der Waals surface area (Å²) < 4.78 is 6.99. The molecule has 0 amide bonds. The van der Waals surface area contributed by atoms with E-state index in [-0.39, 0.29) is 0 Å². The zero-order chi connectivity index (χ0) is 35.0. The van der Waals surface area contributed by atoms with Crippen LogP contribution in [0.4, 0.5) is 0 Å². The van der Waals surface area contributed by atoms with Crippen LogP contribution in [0.25, 0.3) is 93.6 Å². The van der Waals surface area contributed by atoms with E-state index in [0.29, 0.717) is 5.56 Å². The van der Waals surface area contributed by atoms with Gasteiger partial charge in [-0.05, 0) is 77.9 Å². The fraction of sp³-hybridized carbons (Fsp3) is 0. The molecule has 0 saturated heterocycles. The molecule has 11 aromatic rings. The molecule has 0 spiro atoms. The van der Waals surface area contributed by atoms with Crippen molar-refractivity contribution in [2.24, 2.45) is 0 Å². The minimum atomic E-state index is 0.625. The second-order valence-electron chi connectivity index (χ2n) is 13.7. The maximum atomic E-state index is 10.7. The quantitative estimate of drug-likeness (QED) is 0.183. The predicted molar refractivity (Wildman–Crippen MR) is 220 cm³/mol. The fourth-order valence-corrected chi connectivity index (χ4v) is 8.62. The standard InChI is InChI=1S/C49H30N4/c50-31-34-30-33(32-22-25-36(26-23-32)51-43-18-8-4-14-37(43)38-15-5-9-19-44(38)51)24-28-42(34)53-46-21-11-7-17-41(46)48-47(53)29-27-40-39-16-6-10-20-45(39)52(49(40)48)35-12-2-1-3-13-35/h1-30H. The van der Waals surface area contributed by atoms with E-state index in [1.54, 1.807) is 0 Å². The Hall–Kier alpha value is -7.35. The molecule has 0 radical (unpaired) electrons. The van der Waals surface area contributed by atoms with Crippen molar-refractivity contribution in [3.63, 3.8) is 0 Å². The molecule has 3 heterocycles. The summed E-state index contributed by atoms with van der Waals surface area (Å²) in [4.78, 5) is 0. The summed E-state index contributed by atoms with van der Waals surface area (Å²) in [6, 6.07) is 66.9. The van der Waals surface area contributed by atoms with Gasteiger partial charge in [0.1, 0.15) is 6.07 Å². The van der Waals surface area contributed by atoms with Gasteiger partial charge in [0.15, 0.2) is 0 Å². The zero-order valence-electron chi connectivity index (χ0n) is 28.6. The molecule has 0 fully saturated rings. The largest absolute Gasteiger partial charge is 0.309 e. The van der Waals surface area contributed by atoms with Gasteiger partial charge in [0, 0.05) is 43.7 Å². The molecule has 246 valence electrons. The zero-order valence-corrected chi connectivity index (χ0v) is 28.6. The average molecular weight is 675 g/mol. The number of aromatic nitrogens is 3. The van der Waals surface area contributed by atoms with E-state index in [9.17, 15) is 5.26 Å². The minimum absolute atomic E-state index is 0.625. The molecule has 0 bridgehead atoms. The second kappa shape index (κ2) is 11.3. The number of para-hydroxylation sites is 5. The Morgan fingerprint density at radius 1 is 0.358 bits per heavy atom. The smallest absolute Gasteiger partial charge is 0.101 e. The first kappa shape index (κ1) is 29.4. The highest BCUT2D eigenvalue weighted by Gasteiger charge is 2.22. The van der Waals surface area contributed by atoms with E-state index in [0.717, 1.165) is 44.6 Å². The van der Waals surface area contributed by atoms with Crippen LogP contribution in [-0.4, -0.2) is 13.7 Å². The Morgan fingerprint density at radius 3 is 1.51 bits per heavy atom. The van der Waals surface area contributed by atoms with Gasteiger partial charge in [-0.2, -0.15) is 5.26 Å². The Bertz CT molecular complexity index is 3220. The molecule has 0 aliphatic carbocycles. The summed E-state index contributed by atoms with van der Waals surface area (Å²) >= 11 is 0. The van der Waals surface area contributed by atoms with Crippen LogP contribution in [0, 0.1) is 11.3 Å². The van der Waals surface area contributed by atoms with Gasteiger partial charge < -0.3 is 13.7 Å². The number of hydrogen-bond donors (Lipinski definition) is 0. The van der Waals surface area contributed by atoms with Gasteiger partial charge in [-0.15, -0.1) is 0 Å². The maximum absolute atomic E-state index is 10.7. The summed E-state index contributed by atoms with van der Waals surface area (Å²) in [5.41, 5.74) is 12.6. The molecule has 53 heavy (non-hydrogen) atoms. The van der Waals surface area contributed by atoms with Crippen LogP contribution in [-0.2, 0) is 0 Å². The highest BCUT2D eigenvalue weighted by atomic mass is 15.0. The Balaban J connectivity index is 1.09. The SMILES string of the molecule is N#Cc1cc(-c2ccc(-n3c4ccccc4c4ccccc43)cc2)ccc1-n1c2ccccc2c2c1ccc1c3ccccc3n(-c3ccccc3)c12. The van der Waals surface area contributed by atoms with Crippen molar-refractivity contribution >= 4 is 65.4 Å². The average Bonchev–Trinajstić information content (AvgIpc) is 3.87. The lowest BCUT2D eigenvalue weighted by Gasteiger charge is -2.13. The van der Waals surface area contributed by atoms with Gasteiger partial charge in [-0.25, -0.2) is 0 Å². The van der Waals surface area contributed by atoms with Crippen LogP contribution in [0.1, 0.15) is 5.56 Å². The van der Waals surface area contributed by atoms with Crippen LogP contribution in [0.15, 0.2) is 182 Å². The summed E-state index contributed by atoms with van der Waals surface area (Å²) in [6.07, 6.45) is 0. The molecule has 0 unspecified atom stereocenters. The number of nitriles is 1. The van der Waals surface area contributed by atoms with E-state index in [4.69, 9.17) is 0 Å². The van der Waals surface area contributed by atoms with Gasteiger partial charge in [-0.1, -0.05) is 115 Å². The van der Waals surface area contributed by atoms with Gasteiger partial charge in [0.25, 0.3) is 0 Å². The molecular weight excluding hydrogens is 645 g/mol. The third-order valence-corrected chi connectivity index (χ3v) is 10.9. The monoisotopic (exact) mass is 674 g/mol. The van der Waals surface area contributed by atoms with Crippen molar-refractivity contribution in [3.8, 4) is 34.3 Å². The number of hydrogen-bond acceptors (Lipinski definition) is 1. The van der Waals surface area contributed by atoms with Gasteiger partial charge >= 0.3 is 0 Å². The van der Waals surface area contributed by atoms with E-state index < -0.39 is 0 Å². The normalized spacial score (nSPS) is 11.8. The van der Waals surface area contributed by atoms with Crippen molar-refractivity contribution in [3.05, 3.63) is 188 Å². The van der Waals surface area contributed by atoms with Crippen molar-refractivity contribution in [1.82, 2.24) is 13.7 Å². The summed E-state index contributed by atoms with van der Waals surface area (Å²) in [6.45, 7) is 0. The minimum Gasteiger partial charge on any atom is -0.309 e. The molecule has 0 aliphatic heterocycles. The lowest BCUT2D eigenvalue weighted by molar-refractivity contribution is 1.16. The first-order valence-electron chi connectivity index (χ1n) is 17.9. The van der Waals surface area contributed by atoms with Crippen LogP contribution >= 0.6 is 0 Å². The lowest BCUT2D eigenvalue weighted by Crippen LogP contribution is -1.98. The third-order valence-electron chi connectivity index (χ3n) is 10.9. The van der Waals surface area contributed by atoms with E-state index in [1.807, 2.05) is 6.07 Å². The van der Waals surface area contributed by atoms with Crippen molar-refractivity contribution in [2.75, 3.05) is 0 Å². The highest BCUT2D eigenvalue weighted by Crippen LogP contribution is 2.42. The molecule has 4 nitrogen and oxygen atoms in total. The second-order valence-corrected chi connectivity index (χ2v) is 13.7. The van der Waals surface area contributed by atoms with Gasteiger partial charge in [0.05, 0.1) is 44.4 Å². The third kappa shape index (κ3) is 4.22. The predicted octanol–water partition coefficient (Wildman–Crippen LogP) is 12.5. The summed E-state index contributed by atoms with van der Waals surface area (Å²) in [7, 11) is 0. The van der Waals surface area contributed by atoms with Crippen LogP contribution in [0.5, 0.6) is 0 Å². The molecule has 11 rings (SSSR count). The number of nitrogens with zero attached hydrogens (tertiary/aromatic N) is 4. The Kier molecular flexibility index (Phi) is 6.28. The van der Waals surface area contributed by atoms with Crippen LogP contribution in [0.2, 0.25) is 0 Å². The maximum Gasteiger partial charge on any atom is 0.101 e. The molecular formula is C49H30N4. The van der Waals surface area contributed by atoms with Crippen molar-refractivity contribution < 1.29 is 0 Å². The highest BCUT2D eigenvalue weighted by molar-refractivity contribution is 6.26. The molecule has 3 aromatic heterocycles. The topological polar surface area (TPSA) is 38.6 Å². The van der Waals surface area contributed by atoms with E-state index in [2.05, 4.69) is 196 Å². The van der Waals surface area contributed by atoms with Crippen LogP contribution in [0.3, 0.4) is 0 Å².